The molecular weight excluding hydrogens is 244 g/mol. The Morgan fingerprint density at radius 2 is 1.95 bits per heavy atom. The first-order chi connectivity index (χ1) is 9.06. The van der Waals surface area contributed by atoms with Crippen LogP contribution in [0, 0.1) is 0 Å². The van der Waals surface area contributed by atoms with Crippen molar-refractivity contribution in [2.75, 3.05) is 13.7 Å². The number of likely N-dealkylation sites (tertiary alicyclic amines) is 1. The Balaban J connectivity index is 1.96. The SMILES string of the molecule is COC(=O)C1CCCN1C(=O)CC1(N)CCCCC1. The molecule has 0 aromatic rings. The van der Waals surface area contributed by atoms with Crippen molar-refractivity contribution in [3.63, 3.8) is 0 Å². The summed E-state index contributed by atoms with van der Waals surface area (Å²) >= 11 is 0. The van der Waals surface area contributed by atoms with Crippen LogP contribution in [0.4, 0.5) is 0 Å². The minimum Gasteiger partial charge on any atom is -0.467 e. The molecule has 108 valence electrons. The quantitative estimate of drug-likeness (QED) is 0.781. The number of nitrogens with zero attached hydrogens (tertiary/aromatic N) is 1. The molecule has 0 radical (unpaired) electrons. The van der Waals surface area contributed by atoms with E-state index in [1.165, 1.54) is 13.5 Å². The van der Waals surface area contributed by atoms with Gasteiger partial charge in [0.1, 0.15) is 6.04 Å². The summed E-state index contributed by atoms with van der Waals surface area (Å²) in [4.78, 5) is 25.7. The number of nitrogens with two attached hydrogens (primary N) is 1. The highest BCUT2D eigenvalue weighted by Crippen LogP contribution is 2.30. The zero-order valence-corrected chi connectivity index (χ0v) is 11.7. The Bertz CT molecular complexity index is 351. The lowest BCUT2D eigenvalue weighted by atomic mass is 9.80. The Kier molecular flexibility index (Phi) is 4.45. The van der Waals surface area contributed by atoms with E-state index in [9.17, 15) is 9.59 Å². The van der Waals surface area contributed by atoms with Crippen molar-refractivity contribution in [1.82, 2.24) is 4.90 Å². The van der Waals surface area contributed by atoms with Crippen molar-refractivity contribution in [3.05, 3.63) is 0 Å². The monoisotopic (exact) mass is 268 g/mol. The average Bonchev–Trinajstić information content (AvgIpc) is 2.87. The standard InChI is InChI=1S/C14H24N2O3/c1-19-13(18)11-6-5-9-16(11)12(17)10-14(15)7-3-2-4-8-14/h11H,2-10,15H2,1H3. The van der Waals surface area contributed by atoms with Gasteiger partial charge in [0.2, 0.25) is 5.91 Å². The van der Waals surface area contributed by atoms with Gasteiger partial charge in [0.25, 0.3) is 0 Å². The Morgan fingerprint density at radius 3 is 2.58 bits per heavy atom. The van der Waals surface area contributed by atoms with Gasteiger partial charge in [-0.1, -0.05) is 19.3 Å². The number of amides is 1. The van der Waals surface area contributed by atoms with Crippen molar-refractivity contribution >= 4 is 11.9 Å². The summed E-state index contributed by atoms with van der Waals surface area (Å²) in [5.41, 5.74) is 5.96. The number of carbonyl (C=O) groups excluding carboxylic acids is 2. The van der Waals surface area contributed by atoms with Crippen molar-refractivity contribution < 1.29 is 14.3 Å². The molecule has 0 aromatic heterocycles. The van der Waals surface area contributed by atoms with E-state index < -0.39 is 6.04 Å². The van der Waals surface area contributed by atoms with E-state index >= 15 is 0 Å². The molecule has 1 aliphatic carbocycles. The lowest BCUT2D eigenvalue weighted by Gasteiger charge is -2.35. The van der Waals surface area contributed by atoms with Gasteiger partial charge in [0, 0.05) is 18.5 Å². The van der Waals surface area contributed by atoms with E-state index in [1.807, 2.05) is 0 Å². The number of hydrogen-bond donors (Lipinski definition) is 1. The number of ether oxygens (including phenoxy) is 1. The Hall–Kier alpha value is -1.10. The van der Waals surface area contributed by atoms with Crippen LogP contribution in [0.2, 0.25) is 0 Å². The number of esters is 1. The molecule has 0 aromatic carbocycles. The third-order valence-electron chi connectivity index (χ3n) is 4.40. The summed E-state index contributed by atoms with van der Waals surface area (Å²) in [6.45, 7) is 0.648. The molecule has 1 atom stereocenters. The number of rotatable bonds is 3. The van der Waals surface area contributed by atoms with Gasteiger partial charge >= 0.3 is 5.97 Å². The number of carbonyl (C=O) groups is 2. The van der Waals surface area contributed by atoms with Crippen molar-refractivity contribution in [3.8, 4) is 0 Å². The fourth-order valence-corrected chi connectivity index (χ4v) is 3.28. The van der Waals surface area contributed by atoms with E-state index in [4.69, 9.17) is 10.5 Å². The fourth-order valence-electron chi connectivity index (χ4n) is 3.28. The first kappa shape index (κ1) is 14.3. The summed E-state index contributed by atoms with van der Waals surface area (Å²) in [5, 5.41) is 0. The molecule has 5 heteroatoms. The predicted octanol–water partition coefficient (Wildman–Crippen LogP) is 1.20. The normalized spacial score (nSPS) is 26.2. The lowest BCUT2D eigenvalue weighted by Crippen LogP contribution is -2.49. The Morgan fingerprint density at radius 1 is 1.26 bits per heavy atom. The highest BCUT2D eigenvalue weighted by Gasteiger charge is 2.38. The van der Waals surface area contributed by atoms with E-state index in [2.05, 4.69) is 0 Å². The van der Waals surface area contributed by atoms with E-state index in [0.717, 1.165) is 32.1 Å². The van der Waals surface area contributed by atoms with Gasteiger partial charge in [-0.3, -0.25) is 4.79 Å². The minimum atomic E-state index is -0.398. The summed E-state index contributed by atoms with van der Waals surface area (Å²) in [6.07, 6.45) is 7.17. The van der Waals surface area contributed by atoms with Gasteiger partial charge in [-0.2, -0.15) is 0 Å². The second-order valence-corrected chi connectivity index (χ2v) is 5.87. The zero-order chi connectivity index (χ0) is 13.9. The molecule has 19 heavy (non-hydrogen) atoms. The van der Waals surface area contributed by atoms with Crippen LogP contribution in [0.15, 0.2) is 0 Å². The number of methoxy groups -OCH3 is 1. The maximum atomic E-state index is 12.4. The van der Waals surface area contributed by atoms with Gasteiger partial charge in [0.05, 0.1) is 7.11 Å². The first-order valence-corrected chi connectivity index (χ1v) is 7.22. The average molecular weight is 268 g/mol. The van der Waals surface area contributed by atoms with Gasteiger partial charge in [-0.05, 0) is 25.7 Å². The van der Waals surface area contributed by atoms with Crippen LogP contribution >= 0.6 is 0 Å². The van der Waals surface area contributed by atoms with Gasteiger partial charge in [0.15, 0.2) is 0 Å². The summed E-state index contributed by atoms with van der Waals surface area (Å²) in [6, 6.07) is -0.398. The molecule has 1 saturated heterocycles. The molecule has 2 aliphatic rings. The minimum absolute atomic E-state index is 0.0114. The van der Waals surface area contributed by atoms with Gasteiger partial charge in [-0.15, -0.1) is 0 Å². The molecule has 1 saturated carbocycles. The van der Waals surface area contributed by atoms with E-state index in [0.29, 0.717) is 19.4 Å². The van der Waals surface area contributed by atoms with Crippen LogP contribution in [0.1, 0.15) is 51.4 Å². The van der Waals surface area contributed by atoms with Crippen LogP contribution in [0.25, 0.3) is 0 Å². The molecule has 5 nitrogen and oxygen atoms in total. The van der Waals surface area contributed by atoms with Crippen molar-refractivity contribution in [2.45, 2.75) is 62.9 Å². The molecule has 1 unspecified atom stereocenters. The van der Waals surface area contributed by atoms with Crippen LogP contribution < -0.4 is 5.73 Å². The second kappa shape index (κ2) is 5.90. The Labute approximate surface area is 114 Å². The molecule has 2 N–H and O–H groups in total. The summed E-state index contributed by atoms with van der Waals surface area (Å²) < 4.78 is 4.77. The first-order valence-electron chi connectivity index (χ1n) is 7.22. The fraction of sp³-hybridized carbons (Fsp3) is 0.857. The van der Waals surface area contributed by atoms with Crippen LogP contribution in [0.3, 0.4) is 0 Å². The van der Waals surface area contributed by atoms with Crippen molar-refractivity contribution in [1.29, 1.82) is 0 Å². The lowest BCUT2D eigenvalue weighted by molar-refractivity contribution is -0.151. The summed E-state index contributed by atoms with van der Waals surface area (Å²) in [5.74, 6) is -0.294. The number of hydrogen-bond acceptors (Lipinski definition) is 4. The smallest absolute Gasteiger partial charge is 0.328 e. The second-order valence-electron chi connectivity index (χ2n) is 5.87. The topological polar surface area (TPSA) is 72.6 Å². The molecule has 0 bridgehead atoms. The highest BCUT2D eigenvalue weighted by atomic mass is 16.5. The molecule has 2 rings (SSSR count). The molecule has 1 amide bonds. The summed E-state index contributed by atoms with van der Waals surface area (Å²) in [7, 11) is 1.37. The highest BCUT2D eigenvalue weighted by molar-refractivity contribution is 5.85. The van der Waals surface area contributed by atoms with Crippen molar-refractivity contribution in [2.24, 2.45) is 5.73 Å². The molecule has 0 spiro atoms. The van der Waals surface area contributed by atoms with Crippen LogP contribution in [-0.4, -0.2) is 42.0 Å². The molecule has 1 aliphatic heterocycles. The third-order valence-corrected chi connectivity index (χ3v) is 4.40. The maximum Gasteiger partial charge on any atom is 0.328 e. The largest absolute Gasteiger partial charge is 0.467 e. The van der Waals surface area contributed by atoms with Gasteiger partial charge in [-0.25, -0.2) is 4.79 Å². The van der Waals surface area contributed by atoms with Crippen LogP contribution in [0.5, 0.6) is 0 Å². The van der Waals surface area contributed by atoms with E-state index in [1.54, 1.807) is 4.90 Å². The van der Waals surface area contributed by atoms with Crippen LogP contribution in [-0.2, 0) is 14.3 Å². The predicted molar refractivity (Wildman–Crippen MR) is 71.4 cm³/mol. The third kappa shape index (κ3) is 3.26. The zero-order valence-electron chi connectivity index (χ0n) is 11.7. The molecule has 2 fully saturated rings. The van der Waals surface area contributed by atoms with Gasteiger partial charge < -0.3 is 15.4 Å². The molecular formula is C14H24N2O3. The van der Waals surface area contributed by atoms with E-state index in [-0.39, 0.29) is 17.4 Å². The maximum absolute atomic E-state index is 12.4. The molecule has 1 heterocycles.